The lowest BCUT2D eigenvalue weighted by Crippen LogP contribution is -2.14. The zero-order chi connectivity index (χ0) is 21.0. The molecule has 0 saturated heterocycles. The Morgan fingerprint density at radius 1 is 0.931 bits per heavy atom. The highest BCUT2D eigenvalue weighted by Crippen LogP contribution is 2.34. The summed E-state index contributed by atoms with van der Waals surface area (Å²) in [7, 11) is 1.25. The van der Waals surface area contributed by atoms with Crippen LogP contribution >= 0.6 is 22.9 Å². The molecule has 0 radical (unpaired) electrons. The van der Waals surface area contributed by atoms with Crippen molar-refractivity contribution in [2.75, 3.05) is 17.7 Å². The van der Waals surface area contributed by atoms with Crippen LogP contribution < -0.4 is 10.6 Å². The van der Waals surface area contributed by atoms with E-state index in [-0.39, 0.29) is 16.5 Å². The van der Waals surface area contributed by atoms with Gasteiger partial charge in [-0.2, -0.15) is 0 Å². The van der Waals surface area contributed by atoms with Gasteiger partial charge in [-0.1, -0.05) is 29.8 Å². The van der Waals surface area contributed by atoms with Gasteiger partial charge in [0, 0.05) is 16.3 Å². The van der Waals surface area contributed by atoms with Gasteiger partial charge in [0.25, 0.3) is 11.8 Å². The molecule has 0 aliphatic carbocycles. The molecule has 3 rings (SSSR count). The van der Waals surface area contributed by atoms with E-state index >= 15 is 0 Å². The highest BCUT2D eigenvalue weighted by Gasteiger charge is 2.26. The Kier molecular flexibility index (Phi) is 6.31. The van der Waals surface area contributed by atoms with Crippen LogP contribution in [-0.2, 0) is 4.74 Å². The van der Waals surface area contributed by atoms with Crippen molar-refractivity contribution in [3.05, 3.63) is 81.2 Å². The van der Waals surface area contributed by atoms with Crippen LogP contribution in [0, 0.1) is 6.92 Å². The molecule has 0 atom stereocenters. The van der Waals surface area contributed by atoms with E-state index in [1.54, 1.807) is 61.5 Å². The van der Waals surface area contributed by atoms with Crippen molar-refractivity contribution in [3.8, 4) is 0 Å². The molecule has 2 N–H and O–H groups in total. The maximum Gasteiger partial charge on any atom is 0.341 e. The number of rotatable bonds is 5. The van der Waals surface area contributed by atoms with Crippen LogP contribution in [0.4, 0.5) is 10.7 Å². The number of carbonyl (C=O) groups is 3. The van der Waals surface area contributed by atoms with Crippen molar-refractivity contribution in [2.45, 2.75) is 6.92 Å². The van der Waals surface area contributed by atoms with Gasteiger partial charge in [-0.3, -0.25) is 9.59 Å². The minimum Gasteiger partial charge on any atom is -0.465 e. The summed E-state index contributed by atoms with van der Waals surface area (Å²) in [5.41, 5.74) is 1.57. The summed E-state index contributed by atoms with van der Waals surface area (Å²) in [6.07, 6.45) is 0. The summed E-state index contributed by atoms with van der Waals surface area (Å²) in [5.74, 6) is -1.42. The highest BCUT2D eigenvalue weighted by molar-refractivity contribution is 7.19. The molecule has 148 valence electrons. The van der Waals surface area contributed by atoms with Crippen LogP contribution in [0.25, 0.3) is 0 Å². The van der Waals surface area contributed by atoms with Crippen LogP contribution in [0.3, 0.4) is 0 Å². The molecule has 29 heavy (non-hydrogen) atoms. The number of anilines is 2. The number of halogens is 1. The molecule has 8 heteroatoms. The van der Waals surface area contributed by atoms with Gasteiger partial charge in [0.05, 0.1) is 17.6 Å². The predicted octanol–water partition coefficient (Wildman–Crippen LogP) is 5.00. The number of hydrogen-bond acceptors (Lipinski definition) is 5. The van der Waals surface area contributed by atoms with E-state index < -0.39 is 11.9 Å². The fraction of sp³-hybridized carbons (Fsp3) is 0.0952. The van der Waals surface area contributed by atoms with E-state index in [1.165, 1.54) is 7.11 Å². The molecule has 0 spiro atoms. The van der Waals surface area contributed by atoms with Gasteiger partial charge in [-0.05, 0) is 48.9 Å². The van der Waals surface area contributed by atoms with Gasteiger partial charge in [0.1, 0.15) is 5.00 Å². The average Bonchev–Trinajstić information content (AvgIpc) is 3.05. The number of nitrogens with one attached hydrogen (secondary N) is 2. The van der Waals surface area contributed by atoms with Crippen LogP contribution in [0.5, 0.6) is 0 Å². The first-order valence-electron chi connectivity index (χ1n) is 8.55. The molecule has 2 amide bonds. The predicted molar refractivity (Wildman–Crippen MR) is 114 cm³/mol. The molecular formula is C21H17ClN2O4S. The second-order valence-electron chi connectivity index (χ2n) is 6.03. The fourth-order valence-corrected chi connectivity index (χ4v) is 3.86. The summed E-state index contributed by atoms with van der Waals surface area (Å²) in [4.78, 5) is 37.9. The summed E-state index contributed by atoms with van der Waals surface area (Å²) in [5, 5.41) is 6.27. The highest BCUT2D eigenvalue weighted by atomic mass is 35.5. The summed E-state index contributed by atoms with van der Waals surface area (Å²) >= 11 is 6.87. The van der Waals surface area contributed by atoms with Crippen LogP contribution in [0.2, 0.25) is 5.02 Å². The van der Waals surface area contributed by atoms with E-state index in [9.17, 15) is 14.4 Å². The van der Waals surface area contributed by atoms with Crippen LogP contribution in [0.1, 0.15) is 36.0 Å². The quantitative estimate of drug-likeness (QED) is 0.560. The maximum atomic E-state index is 12.8. The molecule has 3 aromatic rings. The van der Waals surface area contributed by atoms with E-state index in [0.717, 1.165) is 11.3 Å². The summed E-state index contributed by atoms with van der Waals surface area (Å²) < 4.78 is 4.84. The Balaban J connectivity index is 1.92. The minimum atomic E-state index is -0.632. The van der Waals surface area contributed by atoms with Gasteiger partial charge in [0.15, 0.2) is 0 Å². The Hall–Kier alpha value is -3.16. The Morgan fingerprint density at radius 3 is 2.21 bits per heavy atom. The van der Waals surface area contributed by atoms with E-state index in [2.05, 4.69) is 10.6 Å². The first kappa shape index (κ1) is 20.6. The zero-order valence-corrected chi connectivity index (χ0v) is 17.2. The van der Waals surface area contributed by atoms with E-state index in [1.807, 2.05) is 0 Å². The number of benzene rings is 2. The summed E-state index contributed by atoms with van der Waals surface area (Å²) in [6, 6.07) is 15.2. The molecule has 0 aliphatic heterocycles. The van der Waals surface area contributed by atoms with Crippen molar-refractivity contribution in [1.82, 2.24) is 0 Å². The topological polar surface area (TPSA) is 84.5 Å². The lowest BCUT2D eigenvalue weighted by Gasteiger charge is -2.06. The Bertz CT molecular complexity index is 1060. The third-order valence-electron chi connectivity index (χ3n) is 4.11. The van der Waals surface area contributed by atoms with Gasteiger partial charge in [-0.25, -0.2) is 4.79 Å². The molecule has 0 fully saturated rings. The van der Waals surface area contributed by atoms with E-state index in [0.29, 0.717) is 26.7 Å². The Morgan fingerprint density at radius 2 is 1.59 bits per heavy atom. The third-order valence-corrected chi connectivity index (χ3v) is 5.57. The standard InChI is InChI=1S/C21H17ClN2O4S/c1-12-16(21(27)28-2)20(24-18(25)13-6-4-3-5-7-13)29-17(12)19(26)23-15-10-8-14(22)9-11-15/h3-11H,1-2H3,(H,23,26)(H,24,25). The molecule has 2 aromatic carbocycles. The number of hydrogen-bond donors (Lipinski definition) is 2. The number of carbonyl (C=O) groups excluding carboxylic acids is 3. The second-order valence-corrected chi connectivity index (χ2v) is 7.49. The van der Waals surface area contributed by atoms with Gasteiger partial charge in [-0.15, -0.1) is 11.3 Å². The SMILES string of the molecule is COC(=O)c1c(NC(=O)c2ccccc2)sc(C(=O)Nc2ccc(Cl)cc2)c1C. The minimum absolute atomic E-state index is 0.156. The van der Waals surface area contributed by atoms with Crippen molar-refractivity contribution in [1.29, 1.82) is 0 Å². The smallest absolute Gasteiger partial charge is 0.341 e. The molecule has 0 bridgehead atoms. The largest absolute Gasteiger partial charge is 0.465 e. The molecule has 1 heterocycles. The van der Waals surface area contributed by atoms with Crippen molar-refractivity contribution >= 4 is 51.4 Å². The Labute approximate surface area is 176 Å². The molecule has 0 unspecified atom stereocenters. The van der Waals surface area contributed by atoms with Crippen LogP contribution in [-0.4, -0.2) is 24.9 Å². The number of thiophene rings is 1. The van der Waals surface area contributed by atoms with E-state index in [4.69, 9.17) is 16.3 Å². The van der Waals surface area contributed by atoms with Gasteiger partial charge >= 0.3 is 5.97 Å². The van der Waals surface area contributed by atoms with Crippen LogP contribution in [0.15, 0.2) is 54.6 Å². The monoisotopic (exact) mass is 428 g/mol. The van der Waals surface area contributed by atoms with Gasteiger partial charge < -0.3 is 15.4 Å². The molecule has 6 nitrogen and oxygen atoms in total. The molecule has 0 aliphatic rings. The number of ether oxygens (including phenoxy) is 1. The lowest BCUT2D eigenvalue weighted by atomic mass is 10.1. The van der Waals surface area contributed by atoms with Crippen molar-refractivity contribution in [3.63, 3.8) is 0 Å². The lowest BCUT2D eigenvalue weighted by molar-refractivity contribution is 0.0601. The molecule has 1 aromatic heterocycles. The normalized spacial score (nSPS) is 10.3. The first-order valence-corrected chi connectivity index (χ1v) is 9.75. The maximum absolute atomic E-state index is 12.8. The van der Waals surface area contributed by atoms with Crippen molar-refractivity contribution < 1.29 is 19.1 Å². The number of esters is 1. The van der Waals surface area contributed by atoms with Crippen molar-refractivity contribution in [2.24, 2.45) is 0 Å². The number of amides is 2. The second kappa shape index (κ2) is 8.89. The van der Waals surface area contributed by atoms with Gasteiger partial charge in [0.2, 0.25) is 0 Å². The summed E-state index contributed by atoms with van der Waals surface area (Å²) in [6.45, 7) is 1.64. The first-order chi connectivity index (χ1) is 13.9. The fourth-order valence-electron chi connectivity index (χ4n) is 2.65. The number of methoxy groups -OCH3 is 1. The molecular weight excluding hydrogens is 412 g/mol. The zero-order valence-electron chi connectivity index (χ0n) is 15.6. The third kappa shape index (κ3) is 4.64. The average molecular weight is 429 g/mol. The molecule has 0 saturated carbocycles.